The minimum absolute atomic E-state index is 0.161. The molecule has 0 spiro atoms. The molecule has 2 aromatic heterocycles. The van der Waals surface area contributed by atoms with Crippen LogP contribution in [0.1, 0.15) is 24.6 Å². The van der Waals surface area contributed by atoms with Crippen LogP contribution >= 0.6 is 0 Å². The number of carbonyl (C=O) groups excluding carboxylic acids is 1. The molecule has 3 heterocycles. The Morgan fingerprint density at radius 3 is 2.71 bits per heavy atom. The monoisotopic (exact) mass is 378 g/mol. The van der Waals surface area contributed by atoms with E-state index < -0.39 is 0 Å². The molecule has 1 fully saturated rings. The fourth-order valence-electron chi connectivity index (χ4n) is 3.28. The molecular formula is C20H19FN6O. The second kappa shape index (κ2) is 8.08. The predicted molar refractivity (Wildman–Crippen MR) is 102 cm³/mol. The molecule has 1 aromatic carbocycles. The molecule has 0 unspecified atom stereocenters. The van der Waals surface area contributed by atoms with E-state index in [1.807, 2.05) is 6.07 Å². The summed E-state index contributed by atoms with van der Waals surface area (Å²) in [5.74, 6) is 1.03. The lowest BCUT2D eigenvalue weighted by Crippen LogP contribution is -2.41. The molecule has 4 rings (SSSR count). The zero-order valence-corrected chi connectivity index (χ0v) is 15.1. The first-order valence-electron chi connectivity index (χ1n) is 9.11. The Hall–Kier alpha value is -3.42. The van der Waals surface area contributed by atoms with Crippen LogP contribution < -0.4 is 5.32 Å². The Balaban J connectivity index is 1.40. The van der Waals surface area contributed by atoms with Crippen molar-refractivity contribution < 1.29 is 9.18 Å². The molecule has 7 nitrogen and oxygen atoms in total. The van der Waals surface area contributed by atoms with E-state index in [1.54, 1.807) is 41.6 Å². The highest BCUT2D eigenvalue weighted by molar-refractivity contribution is 5.88. The van der Waals surface area contributed by atoms with Gasteiger partial charge in [-0.15, -0.1) is 5.10 Å². The molecule has 1 N–H and O–H groups in total. The van der Waals surface area contributed by atoms with Crippen molar-refractivity contribution in [2.45, 2.75) is 18.8 Å². The molecule has 0 atom stereocenters. The van der Waals surface area contributed by atoms with Crippen molar-refractivity contribution >= 4 is 11.8 Å². The van der Waals surface area contributed by atoms with E-state index in [2.05, 4.69) is 25.5 Å². The fraction of sp³-hybridized carbons (Fsp3) is 0.250. The number of aromatic nitrogens is 4. The van der Waals surface area contributed by atoms with E-state index in [-0.39, 0.29) is 17.8 Å². The second-order valence-corrected chi connectivity index (χ2v) is 6.61. The van der Waals surface area contributed by atoms with E-state index >= 15 is 0 Å². The van der Waals surface area contributed by atoms with Crippen LogP contribution in [0.4, 0.5) is 15.0 Å². The third kappa shape index (κ3) is 4.11. The quantitative estimate of drug-likeness (QED) is 0.754. The molecule has 8 heteroatoms. The molecule has 1 aliphatic rings. The van der Waals surface area contributed by atoms with Crippen LogP contribution in [-0.2, 0) is 0 Å². The van der Waals surface area contributed by atoms with Crippen LogP contribution in [0.2, 0.25) is 0 Å². The lowest BCUT2D eigenvalue weighted by Gasteiger charge is -2.31. The molecule has 0 radical (unpaired) electrons. The summed E-state index contributed by atoms with van der Waals surface area (Å²) in [5.41, 5.74) is 1.43. The largest absolute Gasteiger partial charge is 0.324 e. The van der Waals surface area contributed by atoms with Gasteiger partial charge in [-0.1, -0.05) is 12.1 Å². The van der Waals surface area contributed by atoms with Gasteiger partial charge in [0.05, 0.1) is 5.69 Å². The summed E-state index contributed by atoms with van der Waals surface area (Å²) in [6.45, 7) is 1.20. The zero-order valence-electron chi connectivity index (χ0n) is 15.1. The molecule has 1 saturated heterocycles. The number of amides is 2. The highest BCUT2D eigenvalue weighted by Crippen LogP contribution is 2.27. The van der Waals surface area contributed by atoms with Crippen molar-refractivity contribution in [2.24, 2.45) is 0 Å². The molecule has 2 amide bonds. The topological polar surface area (TPSA) is 83.9 Å². The van der Waals surface area contributed by atoms with E-state index in [0.717, 1.165) is 24.2 Å². The van der Waals surface area contributed by atoms with Gasteiger partial charge in [0.2, 0.25) is 0 Å². The number of carbonyl (C=O) groups is 1. The van der Waals surface area contributed by atoms with Gasteiger partial charge < -0.3 is 4.90 Å². The number of urea groups is 1. The summed E-state index contributed by atoms with van der Waals surface area (Å²) in [7, 11) is 0. The van der Waals surface area contributed by atoms with E-state index in [4.69, 9.17) is 0 Å². The number of hydrogen-bond acceptors (Lipinski definition) is 5. The van der Waals surface area contributed by atoms with Crippen molar-refractivity contribution in [2.75, 3.05) is 18.4 Å². The highest BCUT2D eigenvalue weighted by atomic mass is 19.1. The van der Waals surface area contributed by atoms with E-state index in [1.165, 1.54) is 12.1 Å². The number of rotatable bonds is 3. The number of nitrogens with zero attached hydrogens (tertiary/aromatic N) is 5. The summed E-state index contributed by atoms with van der Waals surface area (Å²) in [6.07, 6.45) is 4.79. The maximum Gasteiger partial charge on any atom is 0.323 e. The number of benzene rings is 1. The van der Waals surface area contributed by atoms with Crippen LogP contribution in [0.3, 0.4) is 0 Å². The van der Waals surface area contributed by atoms with Crippen LogP contribution in [0.5, 0.6) is 0 Å². The fourth-order valence-corrected chi connectivity index (χ4v) is 3.28. The molecule has 1 aliphatic heterocycles. The van der Waals surface area contributed by atoms with Crippen LogP contribution in [0.15, 0.2) is 54.9 Å². The summed E-state index contributed by atoms with van der Waals surface area (Å²) < 4.78 is 13.5. The molecule has 3 aromatic rings. The molecule has 0 saturated carbocycles. The van der Waals surface area contributed by atoms with Crippen molar-refractivity contribution in [1.82, 2.24) is 25.1 Å². The number of likely N-dealkylation sites (tertiary alicyclic amines) is 1. The Morgan fingerprint density at radius 1 is 1.11 bits per heavy atom. The van der Waals surface area contributed by atoms with E-state index in [9.17, 15) is 9.18 Å². The lowest BCUT2D eigenvalue weighted by molar-refractivity contribution is 0.193. The lowest BCUT2D eigenvalue weighted by atomic mass is 9.96. The summed E-state index contributed by atoms with van der Waals surface area (Å²) in [5, 5.41) is 10.4. The Labute approximate surface area is 161 Å². The summed E-state index contributed by atoms with van der Waals surface area (Å²) in [4.78, 5) is 23.2. The maximum atomic E-state index is 13.5. The molecule has 142 valence electrons. The molecule has 28 heavy (non-hydrogen) atoms. The van der Waals surface area contributed by atoms with Crippen molar-refractivity contribution in [3.63, 3.8) is 0 Å². The van der Waals surface area contributed by atoms with Gasteiger partial charge in [-0.05, 0) is 43.2 Å². The summed E-state index contributed by atoms with van der Waals surface area (Å²) >= 11 is 0. The van der Waals surface area contributed by atoms with Crippen molar-refractivity contribution in [3.8, 4) is 11.3 Å². The van der Waals surface area contributed by atoms with Gasteiger partial charge in [0.25, 0.3) is 0 Å². The third-order valence-electron chi connectivity index (χ3n) is 4.75. The van der Waals surface area contributed by atoms with Gasteiger partial charge in [-0.25, -0.2) is 19.2 Å². The minimum atomic E-state index is -0.292. The number of anilines is 1. The van der Waals surface area contributed by atoms with Gasteiger partial charge >= 0.3 is 6.03 Å². The number of piperidine rings is 1. The van der Waals surface area contributed by atoms with E-state index in [0.29, 0.717) is 24.6 Å². The smallest absolute Gasteiger partial charge is 0.323 e. The number of halogens is 1. The molecular weight excluding hydrogens is 359 g/mol. The highest BCUT2D eigenvalue weighted by Gasteiger charge is 2.26. The van der Waals surface area contributed by atoms with Gasteiger partial charge in [-0.3, -0.25) is 5.32 Å². The van der Waals surface area contributed by atoms with Crippen molar-refractivity contribution in [1.29, 1.82) is 0 Å². The number of nitrogens with one attached hydrogen (secondary N) is 1. The first-order valence-corrected chi connectivity index (χ1v) is 9.11. The van der Waals surface area contributed by atoms with Crippen LogP contribution in [0.25, 0.3) is 11.3 Å². The Morgan fingerprint density at radius 2 is 1.96 bits per heavy atom. The third-order valence-corrected chi connectivity index (χ3v) is 4.75. The maximum absolute atomic E-state index is 13.5. The van der Waals surface area contributed by atoms with Gasteiger partial charge in [0.15, 0.2) is 5.82 Å². The Kier molecular flexibility index (Phi) is 5.18. The van der Waals surface area contributed by atoms with Gasteiger partial charge in [-0.2, -0.15) is 5.10 Å². The number of hydrogen-bond donors (Lipinski definition) is 1. The summed E-state index contributed by atoms with van der Waals surface area (Å²) in [6, 6.07) is 11.4. The SMILES string of the molecule is O=C(Nc1cccnn1)N1CCC(c2nccc(-c3cccc(F)c3)n2)CC1. The normalized spacial score (nSPS) is 14.7. The Bertz CT molecular complexity index is 960. The average molecular weight is 378 g/mol. The van der Waals surface area contributed by atoms with Crippen LogP contribution in [-0.4, -0.2) is 44.2 Å². The average Bonchev–Trinajstić information content (AvgIpc) is 2.75. The molecule has 0 bridgehead atoms. The first-order chi connectivity index (χ1) is 13.7. The second-order valence-electron chi connectivity index (χ2n) is 6.61. The van der Waals surface area contributed by atoms with Crippen LogP contribution in [0, 0.1) is 5.82 Å². The minimum Gasteiger partial charge on any atom is -0.324 e. The van der Waals surface area contributed by atoms with Gasteiger partial charge in [0, 0.05) is 37.0 Å². The standard InChI is InChI=1S/C20H19FN6O/c21-16-4-1-3-15(13-16)17-6-10-22-19(24-17)14-7-11-27(12-8-14)20(28)25-18-5-2-9-23-26-18/h1-6,9-10,13-14H,7-8,11-12H2,(H,25,26,28). The van der Waals surface area contributed by atoms with Gasteiger partial charge in [0.1, 0.15) is 11.6 Å². The first kappa shape index (κ1) is 18.0. The zero-order chi connectivity index (χ0) is 19.3. The van der Waals surface area contributed by atoms with Crippen molar-refractivity contribution in [3.05, 3.63) is 66.5 Å². The predicted octanol–water partition coefficient (Wildman–Crippen LogP) is 3.48. The molecule has 0 aliphatic carbocycles.